The van der Waals surface area contributed by atoms with E-state index in [2.05, 4.69) is 50.9 Å². The van der Waals surface area contributed by atoms with E-state index in [9.17, 15) is 0 Å². The van der Waals surface area contributed by atoms with Gasteiger partial charge in [0.15, 0.2) is 0 Å². The maximum absolute atomic E-state index is 4.46. The van der Waals surface area contributed by atoms with E-state index in [1.165, 1.54) is 26.6 Å². The summed E-state index contributed by atoms with van der Waals surface area (Å²) in [6, 6.07) is 8.85. The van der Waals surface area contributed by atoms with E-state index in [-0.39, 0.29) is 5.41 Å². The first-order valence-electron chi connectivity index (χ1n) is 6.25. The molecule has 2 aromatic heterocycles. The average molecular weight is 255 g/mol. The highest BCUT2D eigenvalue weighted by Gasteiger charge is 2.18. The molecule has 0 aliphatic rings. The lowest BCUT2D eigenvalue weighted by Gasteiger charge is -2.21. The summed E-state index contributed by atoms with van der Waals surface area (Å²) in [5.41, 5.74) is 2.99. The quantitative estimate of drug-likeness (QED) is 0.547. The van der Waals surface area contributed by atoms with Crippen LogP contribution >= 0.6 is 11.3 Å². The summed E-state index contributed by atoms with van der Waals surface area (Å²) in [6.45, 7) is 9.02. The van der Waals surface area contributed by atoms with Crippen molar-refractivity contribution in [2.24, 2.45) is 0 Å². The molecule has 0 bridgehead atoms. The highest BCUT2D eigenvalue weighted by molar-refractivity contribution is 7.25. The maximum atomic E-state index is 4.46. The van der Waals surface area contributed by atoms with E-state index in [0.29, 0.717) is 0 Å². The van der Waals surface area contributed by atoms with E-state index in [0.717, 1.165) is 4.83 Å². The fourth-order valence-corrected chi connectivity index (χ4v) is 3.69. The topological polar surface area (TPSA) is 12.9 Å². The Bertz CT molecular complexity index is 732. The van der Waals surface area contributed by atoms with Crippen molar-refractivity contribution >= 4 is 31.6 Å². The Morgan fingerprint density at radius 3 is 2.61 bits per heavy atom. The van der Waals surface area contributed by atoms with Crippen LogP contribution in [0.3, 0.4) is 0 Å². The third-order valence-corrected chi connectivity index (χ3v) is 4.48. The monoisotopic (exact) mass is 255 g/mol. The van der Waals surface area contributed by atoms with Crippen molar-refractivity contribution in [3.05, 3.63) is 41.6 Å². The van der Waals surface area contributed by atoms with Crippen molar-refractivity contribution in [3.8, 4) is 0 Å². The number of rotatable bonds is 0. The molecule has 0 saturated heterocycles. The Labute approximate surface area is 111 Å². The van der Waals surface area contributed by atoms with Gasteiger partial charge in [-0.05, 0) is 47.7 Å². The van der Waals surface area contributed by atoms with Gasteiger partial charge in [0.1, 0.15) is 4.83 Å². The van der Waals surface area contributed by atoms with Gasteiger partial charge in [-0.15, -0.1) is 11.3 Å². The van der Waals surface area contributed by atoms with Crippen LogP contribution in [0, 0.1) is 6.92 Å². The molecule has 0 fully saturated rings. The summed E-state index contributed by atoms with van der Waals surface area (Å²) in [7, 11) is 0. The van der Waals surface area contributed by atoms with Crippen molar-refractivity contribution in [3.63, 3.8) is 0 Å². The summed E-state index contributed by atoms with van der Waals surface area (Å²) in [6.07, 6.45) is 1.87. The van der Waals surface area contributed by atoms with Crippen LogP contribution in [0.15, 0.2) is 30.5 Å². The second-order valence-electron chi connectivity index (χ2n) is 5.87. The number of benzene rings is 1. The molecule has 3 rings (SSSR count). The third kappa shape index (κ3) is 1.72. The number of hydrogen-bond acceptors (Lipinski definition) is 2. The molecular formula is C16H17NS. The van der Waals surface area contributed by atoms with Gasteiger partial charge < -0.3 is 0 Å². The molecule has 18 heavy (non-hydrogen) atoms. The third-order valence-electron chi connectivity index (χ3n) is 3.40. The van der Waals surface area contributed by atoms with Gasteiger partial charge in [0.25, 0.3) is 0 Å². The zero-order valence-electron chi connectivity index (χ0n) is 11.2. The van der Waals surface area contributed by atoms with E-state index in [1.807, 2.05) is 12.3 Å². The molecule has 0 N–H and O–H groups in total. The number of aromatic nitrogens is 1. The molecule has 2 heterocycles. The zero-order valence-corrected chi connectivity index (χ0v) is 12.1. The molecule has 3 aromatic rings. The molecular weight excluding hydrogens is 238 g/mol. The predicted octanol–water partition coefficient (Wildman–Crippen LogP) is 5.06. The van der Waals surface area contributed by atoms with Crippen molar-refractivity contribution < 1.29 is 0 Å². The Kier molecular flexibility index (Phi) is 2.46. The van der Waals surface area contributed by atoms with Crippen LogP contribution in [0.1, 0.15) is 31.9 Å². The van der Waals surface area contributed by atoms with Crippen molar-refractivity contribution in [1.82, 2.24) is 4.98 Å². The largest absolute Gasteiger partial charge is 0.245 e. The van der Waals surface area contributed by atoms with Crippen LogP contribution in [0.4, 0.5) is 0 Å². The molecule has 92 valence electrons. The van der Waals surface area contributed by atoms with Gasteiger partial charge in [0.05, 0.1) is 0 Å². The molecule has 0 aliphatic heterocycles. The highest BCUT2D eigenvalue weighted by atomic mass is 32.1. The van der Waals surface area contributed by atoms with Gasteiger partial charge in [0, 0.05) is 21.7 Å². The highest BCUT2D eigenvalue weighted by Crippen LogP contribution is 2.37. The minimum atomic E-state index is 0.189. The van der Waals surface area contributed by atoms with Gasteiger partial charge >= 0.3 is 0 Å². The van der Waals surface area contributed by atoms with Crippen LogP contribution in [0.2, 0.25) is 0 Å². The van der Waals surface area contributed by atoms with Crippen molar-refractivity contribution in [2.45, 2.75) is 33.1 Å². The van der Waals surface area contributed by atoms with Crippen LogP contribution in [0.25, 0.3) is 20.3 Å². The van der Waals surface area contributed by atoms with Crippen molar-refractivity contribution in [2.75, 3.05) is 0 Å². The van der Waals surface area contributed by atoms with Crippen LogP contribution in [0.5, 0.6) is 0 Å². The molecule has 0 radical (unpaired) electrons. The maximum Gasteiger partial charge on any atom is 0.124 e. The van der Waals surface area contributed by atoms with E-state index < -0.39 is 0 Å². The Morgan fingerprint density at radius 1 is 1.11 bits per heavy atom. The first-order valence-corrected chi connectivity index (χ1v) is 7.07. The Morgan fingerprint density at radius 2 is 1.89 bits per heavy atom. The van der Waals surface area contributed by atoms with Gasteiger partial charge in [0.2, 0.25) is 0 Å². The first-order chi connectivity index (χ1) is 8.47. The van der Waals surface area contributed by atoms with E-state index >= 15 is 0 Å². The van der Waals surface area contributed by atoms with Crippen molar-refractivity contribution in [1.29, 1.82) is 0 Å². The second kappa shape index (κ2) is 3.79. The number of fused-ring (bicyclic) bond motifs is 3. The lowest BCUT2D eigenvalue weighted by molar-refractivity contribution is 0.587. The molecule has 0 atom stereocenters. The Balaban J connectivity index is 2.43. The molecule has 2 heteroatoms. The molecule has 1 nitrogen and oxygen atoms in total. The Hall–Kier alpha value is -1.41. The summed E-state index contributed by atoms with van der Waals surface area (Å²) >= 11 is 1.78. The summed E-state index contributed by atoms with van der Waals surface area (Å²) < 4.78 is 1.34. The number of aryl methyl sites for hydroxylation is 1. The summed E-state index contributed by atoms with van der Waals surface area (Å²) in [4.78, 5) is 5.60. The molecule has 0 amide bonds. The van der Waals surface area contributed by atoms with Gasteiger partial charge in [-0.1, -0.05) is 20.8 Å². The van der Waals surface area contributed by atoms with Crippen LogP contribution in [-0.2, 0) is 5.41 Å². The SMILES string of the molecule is Cc1cc2sc3ncccc3c2cc1C(C)(C)C. The lowest BCUT2D eigenvalue weighted by Crippen LogP contribution is -2.12. The molecule has 0 aliphatic carbocycles. The fraction of sp³-hybridized carbons (Fsp3) is 0.312. The lowest BCUT2D eigenvalue weighted by atomic mass is 9.83. The molecule has 0 spiro atoms. The number of nitrogens with zero attached hydrogens (tertiary/aromatic N) is 1. The number of thiophene rings is 1. The minimum absolute atomic E-state index is 0.189. The number of pyridine rings is 1. The van der Waals surface area contributed by atoms with Gasteiger partial charge in [-0.2, -0.15) is 0 Å². The average Bonchev–Trinajstić information content (AvgIpc) is 2.63. The number of hydrogen-bond donors (Lipinski definition) is 0. The van der Waals surface area contributed by atoms with Gasteiger partial charge in [-0.25, -0.2) is 4.98 Å². The standard InChI is InChI=1S/C16H17NS/c1-10-8-14-12(9-13(10)16(2,3)4)11-6-5-7-17-15(11)18-14/h5-9H,1-4H3. The zero-order chi connectivity index (χ0) is 12.9. The van der Waals surface area contributed by atoms with E-state index in [1.54, 1.807) is 11.3 Å². The van der Waals surface area contributed by atoms with E-state index in [4.69, 9.17) is 0 Å². The smallest absolute Gasteiger partial charge is 0.124 e. The fourth-order valence-electron chi connectivity index (χ4n) is 2.57. The first kappa shape index (κ1) is 11.7. The van der Waals surface area contributed by atoms with Gasteiger partial charge in [-0.3, -0.25) is 0 Å². The second-order valence-corrected chi connectivity index (χ2v) is 6.90. The normalized spacial score (nSPS) is 12.4. The minimum Gasteiger partial charge on any atom is -0.245 e. The molecule has 1 aromatic carbocycles. The molecule has 0 unspecified atom stereocenters. The summed E-state index contributed by atoms with van der Waals surface area (Å²) in [5.74, 6) is 0. The molecule has 0 saturated carbocycles. The summed E-state index contributed by atoms with van der Waals surface area (Å²) in [5, 5.41) is 2.63. The van der Waals surface area contributed by atoms with Crippen LogP contribution in [-0.4, -0.2) is 4.98 Å². The van der Waals surface area contributed by atoms with Crippen LogP contribution < -0.4 is 0 Å². The predicted molar refractivity (Wildman–Crippen MR) is 80.6 cm³/mol.